The lowest BCUT2D eigenvalue weighted by Gasteiger charge is -2.30. The summed E-state index contributed by atoms with van der Waals surface area (Å²) in [6.07, 6.45) is 7.96. The number of hydrogen-bond donors (Lipinski definition) is 0. The van der Waals surface area contributed by atoms with E-state index < -0.39 is 5.43 Å². The van der Waals surface area contributed by atoms with E-state index in [1.165, 1.54) is 5.56 Å². The Morgan fingerprint density at radius 2 is 1.38 bits per heavy atom. The molecule has 6 nitrogen and oxygen atoms in total. The standard InChI is InChI=1S/C28H37N3O3/c1-20(2)31-18-24(26(32)25(19-31)28(34)30-15-11-21(3)12-16-30)27(33)29-14-7-10-23(13-17-29)22-8-5-4-6-9-22/h4-6,8-9,18-21,23H,7,10-17H2,1-3H3. The van der Waals surface area contributed by atoms with Crippen molar-refractivity contribution in [2.75, 3.05) is 26.2 Å². The van der Waals surface area contributed by atoms with Gasteiger partial charge in [0.05, 0.1) is 0 Å². The number of piperidine rings is 1. The summed E-state index contributed by atoms with van der Waals surface area (Å²) in [7, 11) is 0. The van der Waals surface area contributed by atoms with Gasteiger partial charge in [0.15, 0.2) is 0 Å². The van der Waals surface area contributed by atoms with Crippen LogP contribution in [0, 0.1) is 5.92 Å². The molecule has 0 radical (unpaired) electrons. The maximum Gasteiger partial charge on any atom is 0.259 e. The Balaban J connectivity index is 1.58. The number of nitrogens with zero attached hydrogens (tertiary/aromatic N) is 3. The van der Waals surface area contributed by atoms with Crippen molar-refractivity contribution in [3.05, 3.63) is 69.6 Å². The van der Waals surface area contributed by atoms with Gasteiger partial charge in [-0.2, -0.15) is 0 Å². The highest BCUT2D eigenvalue weighted by molar-refractivity contribution is 5.99. The molecule has 4 rings (SSSR count). The number of carbonyl (C=O) groups excluding carboxylic acids is 2. The molecule has 0 saturated carbocycles. The minimum Gasteiger partial charge on any atom is -0.350 e. The minimum atomic E-state index is -0.436. The molecule has 2 saturated heterocycles. The molecule has 2 aliphatic rings. The summed E-state index contributed by atoms with van der Waals surface area (Å²) in [5.41, 5.74) is 1.10. The van der Waals surface area contributed by atoms with Gasteiger partial charge in [-0.3, -0.25) is 14.4 Å². The number of aromatic nitrogens is 1. The Morgan fingerprint density at radius 3 is 1.97 bits per heavy atom. The van der Waals surface area contributed by atoms with Crippen molar-refractivity contribution in [2.45, 2.75) is 64.8 Å². The van der Waals surface area contributed by atoms with Gasteiger partial charge in [0, 0.05) is 44.6 Å². The van der Waals surface area contributed by atoms with Crippen LogP contribution in [-0.4, -0.2) is 52.4 Å². The molecule has 6 heteroatoms. The van der Waals surface area contributed by atoms with Crippen molar-refractivity contribution in [3.8, 4) is 0 Å². The molecular weight excluding hydrogens is 426 g/mol. The number of amides is 2. The Kier molecular flexibility index (Phi) is 7.54. The Bertz CT molecular complexity index is 1070. The summed E-state index contributed by atoms with van der Waals surface area (Å²) < 4.78 is 1.83. The van der Waals surface area contributed by atoms with E-state index in [2.05, 4.69) is 31.2 Å². The highest BCUT2D eigenvalue weighted by atomic mass is 16.2. The fourth-order valence-corrected chi connectivity index (χ4v) is 5.11. The van der Waals surface area contributed by atoms with Crippen molar-refractivity contribution in [1.29, 1.82) is 0 Å². The first-order valence-corrected chi connectivity index (χ1v) is 12.7. The van der Waals surface area contributed by atoms with Crippen LogP contribution in [0.5, 0.6) is 0 Å². The van der Waals surface area contributed by atoms with Gasteiger partial charge in [-0.25, -0.2) is 0 Å². The Morgan fingerprint density at radius 1 is 0.824 bits per heavy atom. The van der Waals surface area contributed by atoms with Crippen LogP contribution in [0.2, 0.25) is 0 Å². The van der Waals surface area contributed by atoms with Crippen molar-refractivity contribution < 1.29 is 9.59 Å². The predicted octanol–water partition coefficient (Wildman–Crippen LogP) is 4.71. The topological polar surface area (TPSA) is 62.6 Å². The third kappa shape index (κ3) is 5.26. The maximum absolute atomic E-state index is 13.6. The van der Waals surface area contributed by atoms with Gasteiger partial charge in [0.1, 0.15) is 11.1 Å². The highest BCUT2D eigenvalue weighted by Gasteiger charge is 2.29. The van der Waals surface area contributed by atoms with Crippen molar-refractivity contribution in [1.82, 2.24) is 14.4 Å². The SMILES string of the molecule is CC1CCN(C(=O)c2cn(C(C)C)cc(C(=O)N3CCCC(c4ccccc4)CC3)c2=O)CC1. The molecule has 0 N–H and O–H groups in total. The predicted molar refractivity (Wildman–Crippen MR) is 134 cm³/mol. The first kappa shape index (κ1) is 24.2. The van der Waals surface area contributed by atoms with Crippen LogP contribution in [-0.2, 0) is 0 Å². The number of pyridine rings is 1. The minimum absolute atomic E-state index is 0.0340. The molecule has 2 amide bonds. The lowest BCUT2D eigenvalue weighted by Crippen LogP contribution is -2.42. The van der Waals surface area contributed by atoms with Gasteiger partial charge < -0.3 is 14.4 Å². The van der Waals surface area contributed by atoms with Crippen molar-refractivity contribution in [2.24, 2.45) is 5.92 Å². The Hall–Kier alpha value is -2.89. The van der Waals surface area contributed by atoms with E-state index in [9.17, 15) is 14.4 Å². The molecule has 1 atom stereocenters. The van der Waals surface area contributed by atoms with Gasteiger partial charge in [-0.1, -0.05) is 37.3 Å². The lowest BCUT2D eigenvalue weighted by atomic mass is 9.92. The molecule has 0 spiro atoms. The van der Waals surface area contributed by atoms with Gasteiger partial charge >= 0.3 is 0 Å². The molecule has 1 unspecified atom stereocenters. The van der Waals surface area contributed by atoms with E-state index in [1.807, 2.05) is 24.5 Å². The van der Waals surface area contributed by atoms with Crippen LogP contribution < -0.4 is 5.43 Å². The Labute approximate surface area is 202 Å². The summed E-state index contributed by atoms with van der Waals surface area (Å²) >= 11 is 0. The fourth-order valence-electron chi connectivity index (χ4n) is 5.11. The second-order valence-electron chi connectivity index (χ2n) is 10.3. The molecule has 182 valence electrons. The van der Waals surface area contributed by atoms with E-state index >= 15 is 0 Å². The third-order valence-corrected chi connectivity index (χ3v) is 7.46. The lowest BCUT2D eigenvalue weighted by molar-refractivity contribution is 0.0694. The van der Waals surface area contributed by atoms with Crippen LogP contribution in [0.1, 0.15) is 91.1 Å². The summed E-state index contributed by atoms with van der Waals surface area (Å²) in [5.74, 6) is 0.503. The molecule has 0 bridgehead atoms. The summed E-state index contributed by atoms with van der Waals surface area (Å²) in [4.78, 5) is 43.9. The van der Waals surface area contributed by atoms with E-state index in [-0.39, 0.29) is 29.0 Å². The van der Waals surface area contributed by atoms with Crippen LogP contribution in [0.3, 0.4) is 0 Å². The largest absolute Gasteiger partial charge is 0.350 e. The average molecular weight is 464 g/mol. The van der Waals surface area contributed by atoms with E-state index in [0.717, 1.165) is 32.1 Å². The summed E-state index contributed by atoms with van der Waals surface area (Å²) in [6, 6.07) is 10.5. The van der Waals surface area contributed by atoms with Crippen LogP contribution in [0.25, 0.3) is 0 Å². The van der Waals surface area contributed by atoms with Gasteiger partial charge in [0.2, 0.25) is 5.43 Å². The third-order valence-electron chi connectivity index (χ3n) is 7.46. The number of carbonyl (C=O) groups is 2. The van der Waals surface area contributed by atoms with E-state index in [1.54, 1.807) is 22.2 Å². The number of benzene rings is 1. The van der Waals surface area contributed by atoms with Crippen LogP contribution >= 0.6 is 0 Å². The van der Waals surface area contributed by atoms with E-state index in [0.29, 0.717) is 38.0 Å². The average Bonchev–Trinajstić information content (AvgIpc) is 3.11. The molecule has 2 aliphatic heterocycles. The van der Waals surface area contributed by atoms with Crippen LogP contribution in [0.15, 0.2) is 47.5 Å². The molecule has 1 aromatic heterocycles. The quantitative estimate of drug-likeness (QED) is 0.660. The second kappa shape index (κ2) is 10.6. The summed E-state index contributed by atoms with van der Waals surface area (Å²) in [5, 5.41) is 0. The molecule has 2 aromatic rings. The van der Waals surface area contributed by atoms with E-state index in [4.69, 9.17) is 0 Å². The zero-order chi connectivity index (χ0) is 24.2. The van der Waals surface area contributed by atoms with Gasteiger partial charge in [-0.05, 0) is 63.4 Å². The zero-order valence-corrected chi connectivity index (χ0v) is 20.7. The fraction of sp³-hybridized carbons (Fsp3) is 0.536. The molecule has 0 aliphatic carbocycles. The van der Waals surface area contributed by atoms with Crippen LogP contribution in [0.4, 0.5) is 0 Å². The number of rotatable bonds is 4. The smallest absolute Gasteiger partial charge is 0.259 e. The van der Waals surface area contributed by atoms with Crippen molar-refractivity contribution in [3.63, 3.8) is 0 Å². The molecular formula is C28H37N3O3. The zero-order valence-electron chi connectivity index (χ0n) is 20.7. The molecule has 3 heterocycles. The van der Waals surface area contributed by atoms with Crippen molar-refractivity contribution >= 4 is 11.8 Å². The first-order valence-electron chi connectivity index (χ1n) is 12.7. The van der Waals surface area contributed by atoms with Gasteiger partial charge in [-0.15, -0.1) is 0 Å². The first-order chi connectivity index (χ1) is 16.3. The summed E-state index contributed by atoms with van der Waals surface area (Å²) in [6.45, 7) is 8.74. The second-order valence-corrected chi connectivity index (χ2v) is 10.3. The molecule has 2 fully saturated rings. The number of hydrogen-bond acceptors (Lipinski definition) is 3. The normalized spacial score (nSPS) is 19.8. The monoisotopic (exact) mass is 463 g/mol. The number of likely N-dealkylation sites (tertiary alicyclic amines) is 2. The highest BCUT2D eigenvalue weighted by Crippen LogP contribution is 2.28. The maximum atomic E-state index is 13.6. The molecule has 34 heavy (non-hydrogen) atoms. The van der Waals surface area contributed by atoms with Gasteiger partial charge in [0.25, 0.3) is 11.8 Å². The molecule has 1 aromatic carbocycles.